The van der Waals surface area contributed by atoms with Crippen LogP contribution in [-0.2, 0) is 0 Å². The molecule has 1 aromatic carbocycles. The summed E-state index contributed by atoms with van der Waals surface area (Å²) in [6.45, 7) is 3.51. The molecule has 3 rings (SSSR count). The molecule has 2 aromatic heterocycles. The van der Waals surface area contributed by atoms with Crippen molar-refractivity contribution >= 4 is 50.6 Å². The van der Waals surface area contributed by atoms with Crippen molar-refractivity contribution in [2.75, 3.05) is 12.4 Å². The number of carbonyl (C=O) groups is 1. The minimum absolute atomic E-state index is 0.256. The molecule has 6 nitrogen and oxygen atoms in total. The number of nitrogens with zero attached hydrogens (tertiary/aromatic N) is 2. The van der Waals surface area contributed by atoms with Crippen LogP contribution in [0.15, 0.2) is 18.2 Å². The fraction of sp³-hybridized carbons (Fsp3) is 0.188. The largest absolute Gasteiger partial charge is 0.495 e. The molecule has 2 heterocycles. The van der Waals surface area contributed by atoms with E-state index in [0.29, 0.717) is 43.9 Å². The third kappa shape index (κ3) is 2.88. The molecule has 0 saturated carbocycles. The van der Waals surface area contributed by atoms with E-state index in [1.54, 1.807) is 39.2 Å². The number of hydrogen-bond donors (Lipinski definition) is 2. The summed E-state index contributed by atoms with van der Waals surface area (Å²) < 4.78 is 5.33. The van der Waals surface area contributed by atoms with Crippen molar-refractivity contribution in [3.63, 3.8) is 0 Å². The summed E-state index contributed by atoms with van der Waals surface area (Å²) in [6, 6.07) is 5.20. The van der Waals surface area contributed by atoms with Gasteiger partial charge in [-0.3, -0.25) is 0 Å². The summed E-state index contributed by atoms with van der Waals surface area (Å²) in [7, 11) is 1.56. The molecule has 24 heavy (non-hydrogen) atoms. The normalized spacial score (nSPS) is 10.8. The van der Waals surface area contributed by atoms with Crippen molar-refractivity contribution in [2.45, 2.75) is 13.8 Å². The lowest BCUT2D eigenvalue weighted by Crippen LogP contribution is -2.00. The predicted octanol–water partition coefficient (Wildman–Crippen LogP) is 4.41. The first-order valence-corrected chi connectivity index (χ1v) is 8.21. The van der Waals surface area contributed by atoms with E-state index in [-0.39, 0.29) is 4.88 Å². The first kappa shape index (κ1) is 16.5. The van der Waals surface area contributed by atoms with Crippen molar-refractivity contribution in [1.29, 1.82) is 0 Å². The molecule has 0 radical (unpaired) electrons. The van der Waals surface area contributed by atoms with Gasteiger partial charge >= 0.3 is 5.97 Å². The number of thiophene rings is 1. The number of rotatable bonds is 4. The van der Waals surface area contributed by atoms with Crippen molar-refractivity contribution in [1.82, 2.24) is 9.97 Å². The van der Waals surface area contributed by atoms with Crippen LogP contribution in [0.3, 0.4) is 0 Å². The Hall–Kier alpha value is -2.38. The van der Waals surface area contributed by atoms with E-state index in [4.69, 9.17) is 16.3 Å². The zero-order valence-corrected chi connectivity index (χ0v) is 14.7. The molecule has 0 saturated heterocycles. The standard InChI is InChI=1S/C16H14ClN3O3S/c1-7-12-14(20-10-6-9(17)4-5-11(10)23-3)18-8(2)19-15(12)24-13(7)16(21)22/h4-6H,1-3H3,(H,21,22)(H,18,19,20). The Morgan fingerprint density at radius 1 is 1.33 bits per heavy atom. The number of aromatic carboxylic acids is 1. The van der Waals surface area contributed by atoms with Crippen LogP contribution >= 0.6 is 22.9 Å². The van der Waals surface area contributed by atoms with Gasteiger partial charge in [-0.25, -0.2) is 14.8 Å². The number of methoxy groups -OCH3 is 1. The number of halogens is 1. The quantitative estimate of drug-likeness (QED) is 0.714. The predicted molar refractivity (Wildman–Crippen MR) is 95.1 cm³/mol. The van der Waals surface area contributed by atoms with E-state index in [0.717, 1.165) is 11.3 Å². The van der Waals surface area contributed by atoms with Crippen molar-refractivity contribution in [2.24, 2.45) is 0 Å². The molecule has 0 atom stereocenters. The maximum Gasteiger partial charge on any atom is 0.346 e. The van der Waals surface area contributed by atoms with E-state index in [2.05, 4.69) is 15.3 Å². The van der Waals surface area contributed by atoms with Crippen LogP contribution in [0, 0.1) is 13.8 Å². The van der Waals surface area contributed by atoms with Crippen LogP contribution in [-0.4, -0.2) is 28.2 Å². The van der Waals surface area contributed by atoms with Gasteiger partial charge in [0.25, 0.3) is 0 Å². The number of hydrogen-bond acceptors (Lipinski definition) is 6. The minimum atomic E-state index is -0.973. The van der Waals surface area contributed by atoms with Gasteiger partial charge in [0.1, 0.15) is 27.1 Å². The highest BCUT2D eigenvalue weighted by Gasteiger charge is 2.20. The van der Waals surface area contributed by atoms with E-state index < -0.39 is 5.97 Å². The summed E-state index contributed by atoms with van der Waals surface area (Å²) in [5, 5.41) is 13.8. The lowest BCUT2D eigenvalue weighted by atomic mass is 10.2. The summed E-state index contributed by atoms with van der Waals surface area (Å²) in [6.07, 6.45) is 0. The zero-order chi connectivity index (χ0) is 17.4. The van der Waals surface area contributed by atoms with Gasteiger partial charge in [-0.15, -0.1) is 11.3 Å². The van der Waals surface area contributed by atoms with Gasteiger partial charge in [-0.1, -0.05) is 11.6 Å². The Kier molecular flexibility index (Phi) is 4.29. The maximum absolute atomic E-state index is 11.4. The molecule has 0 aliphatic rings. The fourth-order valence-electron chi connectivity index (χ4n) is 2.45. The molecule has 0 unspecified atom stereocenters. The van der Waals surface area contributed by atoms with Crippen LogP contribution in [0.4, 0.5) is 11.5 Å². The first-order chi connectivity index (χ1) is 11.4. The molecule has 0 fully saturated rings. The van der Waals surface area contributed by atoms with Crippen molar-refractivity contribution < 1.29 is 14.6 Å². The number of carboxylic acids is 1. The Bertz CT molecular complexity index is 955. The molecule has 0 aliphatic carbocycles. The monoisotopic (exact) mass is 363 g/mol. The molecule has 124 valence electrons. The van der Waals surface area contributed by atoms with Gasteiger partial charge in [-0.2, -0.15) is 0 Å². The summed E-state index contributed by atoms with van der Waals surface area (Å²) in [4.78, 5) is 21.1. The SMILES string of the molecule is COc1ccc(Cl)cc1Nc1nc(C)nc2sc(C(=O)O)c(C)c12. The number of anilines is 2. The highest BCUT2D eigenvalue weighted by molar-refractivity contribution is 7.20. The number of ether oxygens (including phenoxy) is 1. The van der Waals surface area contributed by atoms with Crippen LogP contribution < -0.4 is 10.1 Å². The highest BCUT2D eigenvalue weighted by Crippen LogP contribution is 2.37. The summed E-state index contributed by atoms with van der Waals surface area (Å²) >= 11 is 7.20. The number of nitrogens with one attached hydrogen (secondary N) is 1. The average Bonchev–Trinajstić information content (AvgIpc) is 2.84. The Morgan fingerprint density at radius 3 is 2.75 bits per heavy atom. The van der Waals surface area contributed by atoms with Gasteiger partial charge < -0.3 is 15.2 Å². The lowest BCUT2D eigenvalue weighted by Gasteiger charge is -2.12. The van der Waals surface area contributed by atoms with Gasteiger partial charge in [0.05, 0.1) is 18.2 Å². The van der Waals surface area contributed by atoms with Crippen LogP contribution in [0.2, 0.25) is 5.02 Å². The number of benzene rings is 1. The number of fused-ring (bicyclic) bond motifs is 1. The zero-order valence-electron chi connectivity index (χ0n) is 13.2. The molecular formula is C16H14ClN3O3S. The second-order valence-electron chi connectivity index (χ2n) is 5.13. The summed E-state index contributed by atoms with van der Waals surface area (Å²) in [5.41, 5.74) is 1.28. The second-order valence-corrected chi connectivity index (χ2v) is 6.57. The Morgan fingerprint density at radius 2 is 2.08 bits per heavy atom. The Labute approximate surface area is 147 Å². The molecule has 0 aliphatic heterocycles. The summed E-state index contributed by atoms with van der Waals surface area (Å²) in [5.74, 6) is 0.707. The van der Waals surface area contributed by atoms with E-state index >= 15 is 0 Å². The van der Waals surface area contributed by atoms with Crippen molar-refractivity contribution in [3.8, 4) is 5.75 Å². The third-order valence-corrected chi connectivity index (χ3v) is 4.92. The molecule has 3 aromatic rings. The average molecular weight is 364 g/mol. The number of aromatic nitrogens is 2. The van der Waals surface area contributed by atoms with Gasteiger partial charge in [0.2, 0.25) is 0 Å². The number of aryl methyl sites for hydroxylation is 2. The smallest absolute Gasteiger partial charge is 0.346 e. The lowest BCUT2D eigenvalue weighted by molar-refractivity contribution is 0.0701. The first-order valence-electron chi connectivity index (χ1n) is 7.02. The maximum atomic E-state index is 11.4. The molecule has 0 amide bonds. The van der Waals surface area contributed by atoms with E-state index in [1.165, 1.54) is 0 Å². The third-order valence-electron chi connectivity index (χ3n) is 3.51. The molecule has 0 spiro atoms. The number of carboxylic acid groups (broad SMARTS) is 1. The van der Waals surface area contributed by atoms with Crippen LogP contribution in [0.25, 0.3) is 10.2 Å². The molecular weight excluding hydrogens is 350 g/mol. The van der Waals surface area contributed by atoms with E-state index in [9.17, 15) is 9.90 Å². The molecule has 8 heteroatoms. The van der Waals surface area contributed by atoms with Crippen LogP contribution in [0.1, 0.15) is 21.1 Å². The van der Waals surface area contributed by atoms with Gasteiger partial charge in [0, 0.05) is 5.02 Å². The minimum Gasteiger partial charge on any atom is -0.495 e. The van der Waals surface area contributed by atoms with E-state index in [1.807, 2.05) is 0 Å². The van der Waals surface area contributed by atoms with Gasteiger partial charge in [0.15, 0.2) is 0 Å². The van der Waals surface area contributed by atoms with Gasteiger partial charge in [-0.05, 0) is 37.6 Å². The second kappa shape index (κ2) is 6.26. The fourth-order valence-corrected chi connectivity index (χ4v) is 3.68. The highest BCUT2D eigenvalue weighted by atomic mass is 35.5. The Balaban J connectivity index is 2.19. The van der Waals surface area contributed by atoms with Crippen molar-refractivity contribution in [3.05, 3.63) is 39.5 Å². The molecule has 0 bridgehead atoms. The molecule has 2 N–H and O–H groups in total. The van der Waals surface area contributed by atoms with Crippen LogP contribution in [0.5, 0.6) is 5.75 Å². The topological polar surface area (TPSA) is 84.3 Å².